The number of hydrogen-bond donors (Lipinski definition) is 5. The Labute approximate surface area is 215 Å². The molecule has 1 aliphatic heterocycles. The Morgan fingerprint density at radius 3 is 2.46 bits per heavy atom. The van der Waals surface area contributed by atoms with E-state index in [0.717, 1.165) is 13.1 Å². The number of nitrogens with one attached hydrogen (secondary N) is 3. The van der Waals surface area contributed by atoms with Gasteiger partial charge in [0.25, 0.3) is 5.91 Å². The average Bonchev–Trinajstić information content (AvgIpc) is 2.80. The van der Waals surface area contributed by atoms with E-state index in [0.29, 0.717) is 41.9 Å². The van der Waals surface area contributed by atoms with Crippen LogP contribution in [0.15, 0.2) is 18.2 Å². The molecular weight excluding hydrogens is 499 g/mol. The molecule has 0 bridgehead atoms. The molecule has 0 saturated carbocycles. The number of hydrogen-bond acceptors (Lipinski definition) is 7. The fraction of sp³-hybridized carbons (Fsp3) is 0.609. The molecule has 10 nitrogen and oxygen atoms in total. The Bertz CT molecular complexity index is 882. The number of hydroxylamine groups is 1. The predicted octanol–water partition coefficient (Wildman–Crippen LogP) is 1.14. The van der Waals surface area contributed by atoms with Gasteiger partial charge in [-0.2, -0.15) is 0 Å². The molecule has 2 atom stereocenters. The molecular formula is C23H34Cl2N4O6. The average molecular weight is 533 g/mol. The van der Waals surface area contributed by atoms with Gasteiger partial charge in [0.15, 0.2) is 5.60 Å². The van der Waals surface area contributed by atoms with Gasteiger partial charge < -0.3 is 20.5 Å². The minimum absolute atomic E-state index is 0.0512. The molecule has 0 radical (unpaired) electrons. The number of amides is 3. The maximum absolute atomic E-state index is 13.1. The van der Waals surface area contributed by atoms with Gasteiger partial charge >= 0.3 is 0 Å². The second-order valence-corrected chi connectivity index (χ2v) is 9.88. The molecule has 0 unspecified atom stereocenters. The number of nitrogens with zero attached hydrogens (tertiary/aromatic N) is 1. The van der Waals surface area contributed by atoms with Gasteiger partial charge in [-0.15, -0.1) is 0 Å². The highest BCUT2D eigenvalue weighted by atomic mass is 35.5. The van der Waals surface area contributed by atoms with Crippen LogP contribution in [0.3, 0.4) is 0 Å². The molecule has 1 fully saturated rings. The van der Waals surface area contributed by atoms with Gasteiger partial charge in [0, 0.05) is 32.6 Å². The molecule has 1 aliphatic rings. The summed E-state index contributed by atoms with van der Waals surface area (Å²) in [6.45, 7) is 7.36. The number of halogens is 2. The van der Waals surface area contributed by atoms with Crippen molar-refractivity contribution in [1.29, 1.82) is 0 Å². The van der Waals surface area contributed by atoms with Crippen LogP contribution in [-0.4, -0.2) is 84.0 Å². The highest BCUT2D eigenvalue weighted by Crippen LogP contribution is 2.24. The highest BCUT2D eigenvalue weighted by Gasteiger charge is 2.40. The topological polar surface area (TPSA) is 140 Å². The van der Waals surface area contributed by atoms with Crippen molar-refractivity contribution < 1.29 is 29.4 Å². The molecule has 0 aromatic heterocycles. The van der Waals surface area contributed by atoms with Crippen molar-refractivity contribution in [1.82, 2.24) is 21.0 Å². The lowest BCUT2D eigenvalue weighted by molar-refractivity contribution is -0.151. The molecule has 1 aromatic carbocycles. The zero-order valence-electron chi connectivity index (χ0n) is 20.0. The van der Waals surface area contributed by atoms with E-state index in [1.165, 1.54) is 5.48 Å². The lowest BCUT2D eigenvalue weighted by atomic mass is 9.87. The molecule has 0 aliphatic carbocycles. The summed E-state index contributed by atoms with van der Waals surface area (Å²) in [6.07, 6.45) is -0.633. The monoisotopic (exact) mass is 532 g/mol. The first kappa shape index (κ1) is 29.3. The molecule has 5 N–H and O–H groups in total. The first-order valence-electron chi connectivity index (χ1n) is 11.5. The summed E-state index contributed by atoms with van der Waals surface area (Å²) < 4.78 is 5.32. The number of ether oxygens (including phenoxy) is 1. The van der Waals surface area contributed by atoms with Gasteiger partial charge in [-0.25, -0.2) is 5.48 Å². The molecule has 35 heavy (non-hydrogen) atoms. The summed E-state index contributed by atoms with van der Waals surface area (Å²) >= 11 is 12.1. The Morgan fingerprint density at radius 2 is 1.86 bits per heavy atom. The van der Waals surface area contributed by atoms with Crippen molar-refractivity contribution in [3.05, 3.63) is 33.8 Å². The standard InChI is InChI=1S/C23H34Cl2N4O6/c1-15(2)13-23(33,14-20(30)28-34)22(32)27-19(12-16-3-4-17(24)18(25)11-16)21(31)26-5-6-29-7-9-35-10-8-29/h3-4,11,15,19,33-34H,5-10,12-14H2,1-2H3,(H,26,31)(H,27,32)(H,28,30)/t19-,23-/m0/s1. The number of carbonyl (C=O) groups is 3. The Balaban J connectivity index is 2.16. The minimum atomic E-state index is -2.12. The maximum Gasteiger partial charge on any atom is 0.253 e. The smallest absolute Gasteiger partial charge is 0.253 e. The van der Waals surface area contributed by atoms with Gasteiger partial charge in [0.2, 0.25) is 11.8 Å². The van der Waals surface area contributed by atoms with E-state index in [2.05, 4.69) is 15.5 Å². The molecule has 1 aromatic rings. The zero-order chi connectivity index (χ0) is 26.0. The van der Waals surface area contributed by atoms with Gasteiger partial charge in [-0.05, 0) is 30.0 Å². The van der Waals surface area contributed by atoms with Crippen LogP contribution >= 0.6 is 23.2 Å². The molecule has 3 amide bonds. The lowest BCUT2D eigenvalue weighted by Crippen LogP contribution is -2.57. The predicted molar refractivity (Wildman–Crippen MR) is 131 cm³/mol. The lowest BCUT2D eigenvalue weighted by Gasteiger charge is -2.30. The SMILES string of the molecule is CC(C)C[C@](O)(CC(=O)NO)C(=O)N[C@@H](Cc1ccc(Cl)c(Cl)c1)C(=O)NCCN1CCOCC1. The number of rotatable bonds is 12. The third-order valence-electron chi connectivity index (χ3n) is 5.62. The van der Waals surface area contributed by atoms with Gasteiger partial charge in [-0.1, -0.05) is 43.1 Å². The van der Waals surface area contributed by atoms with Crippen molar-refractivity contribution in [3.63, 3.8) is 0 Å². The largest absolute Gasteiger partial charge is 0.379 e. The van der Waals surface area contributed by atoms with E-state index in [1.807, 2.05) is 0 Å². The van der Waals surface area contributed by atoms with Crippen molar-refractivity contribution in [3.8, 4) is 0 Å². The van der Waals surface area contributed by atoms with Crippen LogP contribution in [-0.2, 0) is 25.5 Å². The minimum Gasteiger partial charge on any atom is -0.379 e. The van der Waals surface area contributed by atoms with Crippen LogP contribution in [0.5, 0.6) is 0 Å². The van der Waals surface area contributed by atoms with E-state index in [1.54, 1.807) is 32.0 Å². The Kier molecular flexibility index (Phi) is 11.7. The number of aliphatic hydroxyl groups is 1. The number of carbonyl (C=O) groups excluding carboxylic acids is 3. The van der Waals surface area contributed by atoms with E-state index in [4.69, 9.17) is 33.1 Å². The van der Waals surface area contributed by atoms with Crippen LogP contribution in [0, 0.1) is 5.92 Å². The van der Waals surface area contributed by atoms with Crippen molar-refractivity contribution in [2.24, 2.45) is 5.92 Å². The van der Waals surface area contributed by atoms with E-state index in [9.17, 15) is 19.5 Å². The maximum atomic E-state index is 13.1. The van der Waals surface area contributed by atoms with Gasteiger partial charge in [0.1, 0.15) is 6.04 Å². The molecule has 2 rings (SSSR count). The first-order chi connectivity index (χ1) is 16.5. The third-order valence-corrected chi connectivity index (χ3v) is 6.36. The molecule has 12 heteroatoms. The summed E-state index contributed by atoms with van der Waals surface area (Å²) in [7, 11) is 0. The molecule has 196 valence electrons. The summed E-state index contributed by atoms with van der Waals surface area (Å²) in [5.74, 6) is -2.40. The highest BCUT2D eigenvalue weighted by molar-refractivity contribution is 6.42. The van der Waals surface area contributed by atoms with Crippen LogP contribution in [0.1, 0.15) is 32.3 Å². The van der Waals surface area contributed by atoms with Gasteiger partial charge in [0.05, 0.1) is 29.7 Å². The van der Waals surface area contributed by atoms with Crippen LogP contribution < -0.4 is 16.1 Å². The van der Waals surface area contributed by atoms with Crippen molar-refractivity contribution in [2.45, 2.75) is 44.8 Å². The second kappa shape index (κ2) is 14.0. The second-order valence-electron chi connectivity index (χ2n) is 9.06. The van der Waals surface area contributed by atoms with Crippen LogP contribution in [0.4, 0.5) is 0 Å². The quantitative estimate of drug-likeness (QED) is 0.201. The van der Waals surface area contributed by atoms with E-state index in [-0.39, 0.29) is 18.8 Å². The van der Waals surface area contributed by atoms with Crippen molar-refractivity contribution >= 4 is 40.9 Å². The third kappa shape index (κ3) is 9.55. The fourth-order valence-corrected chi connectivity index (χ4v) is 4.24. The summed E-state index contributed by atoms with van der Waals surface area (Å²) in [5.41, 5.74) is -0.0370. The van der Waals surface area contributed by atoms with Crippen LogP contribution in [0.25, 0.3) is 0 Å². The summed E-state index contributed by atoms with van der Waals surface area (Å²) in [6, 6.07) is 3.83. The van der Waals surface area contributed by atoms with E-state index >= 15 is 0 Å². The molecule has 1 saturated heterocycles. The summed E-state index contributed by atoms with van der Waals surface area (Å²) in [4.78, 5) is 40.1. The molecule has 0 spiro atoms. The first-order valence-corrected chi connectivity index (χ1v) is 12.3. The Morgan fingerprint density at radius 1 is 1.17 bits per heavy atom. The number of morpholine rings is 1. The van der Waals surface area contributed by atoms with E-state index < -0.39 is 35.8 Å². The molecule has 1 heterocycles. The normalized spacial score (nSPS) is 16.9. The number of benzene rings is 1. The van der Waals surface area contributed by atoms with Crippen molar-refractivity contribution in [2.75, 3.05) is 39.4 Å². The zero-order valence-corrected chi connectivity index (χ0v) is 21.5. The van der Waals surface area contributed by atoms with Gasteiger partial charge in [-0.3, -0.25) is 24.5 Å². The Hall–Kier alpha value is -1.95. The fourth-order valence-electron chi connectivity index (χ4n) is 3.92. The summed E-state index contributed by atoms with van der Waals surface area (Å²) in [5, 5.41) is 26.0. The van der Waals surface area contributed by atoms with Crippen LogP contribution in [0.2, 0.25) is 10.0 Å².